The maximum absolute atomic E-state index is 12.1. The molecule has 7 atom stereocenters. The first-order valence-corrected chi connectivity index (χ1v) is 38.3. The smallest absolute Gasteiger partial charge is 0.238 e. The molecule has 19 nitrogen and oxygen atoms in total. The summed E-state index contributed by atoms with van der Waals surface area (Å²) < 4.78 is 34.1. The molecule has 115 heavy (non-hydrogen) atoms. The average molecular weight is 1540 g/mol. The van der Waals surface area contributed by atoms with E-state index in [0.717, 1.165) is 115 Å². The van der Waals surface area contributed by atoms with Crippen LogP contribution in [0.3, 0.4) is 0 Å². The van der Waals surface area contributed by atoms with Gasteiger partial charge in [0, 0.05) is 84.4 Å². The molecule has 19 rings (SSSR count). The third-order valence-electron chi connectivity index (χ3n) is 20.8. The van der Waals surface area contributed by atoms with Crippen LogP contribution in [0.15, 0.2) is 324 Å². The van der Waals surface area contributed by atoms with Crippen molar-refractivity contribution in [2.24, 2.45) is 28.9 Å². The van der Waals surface area contributed by atoms with Gasteiger partial charge in [-0.1, -0.05) is 182 Å². The molecule has 10 aromatic carbocycles. The number of carbonyl (C=O) groups excluding carboxylic acids is 1. The molecule has 1 saturated heterocycles. The second-order valence-electron chi connectivity index (χ2n) is 27.1. The summed E-state index contributed by atoms with van der Waals surface area (Å²) in [6, 6.07) is 90.1. The summed E-state index contributed by atoms with van der Waals surface area (Å²) in [4.78, 5) is 22.5. The molecular weight excluding hydrogens is 1470 g/mol. The van der Waals surface area contributed by atoms with Crippen LogP contribution >= 0.6 is 22.7 Å². The van der Waals surface area contributed by atoms with Gasteiger partial charge >= 0.3 is 0 Å². The number of nitriles is 5. The molecule has 9 heterocycles. The summed E-state index contributed by atoms with van der Waals surface area (Å²) in [5.74, 6) is 3.09. The number of hydrogen-bond donors (Lipinski definition) is 5. The van der Waals surface area contributed by atoms with Gasteiger partial charge in [0.15, 0.2) is 0 Å². The van der Waals surface area contributed by atoms with Crippen LogP contribution in [0.2, 0.25) is 0 Å². The molecule has 0 spiro atoms. The monoisotopic (exact) mass is 1540 g/mol. The quantitative estimate of drug-likeness (QED) is 0.0943. The Hall–Kier alpha value is -15.2. The molecular formula is C94H70N12O7S2. The van der Waals surface area contributed by atoms with E-state index in [1.54, 1.807) is 61.7 Å². The minimum Gasteiger partial charge on any atom is -0.497 e. The van der Waals surface area contributed by atoms with Crippen LogP contribution in [-0.4, -0.2) is 30.1 Å². The number of nitrogens with one attached hydrogen (secondary N) is 1. The van der Waals surface area contributed by atoms with E-state index in [-0.39, 0.29) is 65.1 Å². The van der Waals surface area contributed by atoms with Crippen molar-refractivity contribution in [3.8, 4) is 64.8 Å². The van der Waals surface area contributed by atoms with Crippen molar-refractivity contribution in [1.82, 2.24) is 15.3 Å². The van der Waals surface area contributed by atoms with E-state index in [0.29, 0.717) is 45.3 Å². The van der Waals surface area contributed by atoms with Crippen molar-refractivity contribution in [1.29, 1.82) is 26.3 Å². The molecule has 560 valence electrons. The molecule has 0 bridgehead atoms. The van der Waals surface area contributed by atoms with Gasteiger partial charge in [0.05, 0.1) is 50.0 Å². The predicted octanol–water partition coefficient (Wildman–Crippen LogP) is 18.3. The molecule has 1 fully saturated rings. The highest BCUT2D eigenvalue weighted by molar-refractivity contribution is 7.10. The number of nitrogens with two attached hydrogens (primary N) is 4. The van der Waals surface area contributed by atoms with Gasteiger partial charge in [-0.05, 0) is 121 Å². The Labute approximate surface area is 670 Å². The highest BCUT2D eigenvalue weighted by atomic mass is 32.1. The highest BCUT2D eigenvalue weighted by Crippen LogP contribution is 2.51. The summed E-state index contributed by atoms with van der Waals surface area (Å²) in [5.41, 5.74) is 33.4. The summed E-state index contributed by atoms with van der Waals surface area (Å²) in [5, 5.41) is 63.0. The van der Waals surface area contributed by atoms with Crippen molar-refractivity contribution < 1.29 is 33.2 Å². The molecule has 5 aliphatic heterocycles. The standard InChI is InChI=1S/2C21H16N2O2.2C19H13N3O.C14H12N2OS2/c1-24-18-9-5-4-8-15(18)19-16-11-10-13-6-2-3-7-14(13)20(16)25-21(23)17(19)12-22;1-24-15-7-4-6-14(11-15)19-17-10-9-13-5-2-3-8-16(13)20(17)25-21(23)18(19)12-22;20-11-15-17(13-7-9-22-10-8-13)18-14-4-2-1-3-12(14)5-6-16(18)23-19(15)21;20-11-16-17(13-7-9-22-10-8-13)15-6-5-12-3-1-2-4-14(12)18(15)23-19(16)21;15-8-10-9(12-3-1-5-18-12)7-11(16-14(10)17)13-4-2-6-19-13/h2*2-11,19H,23H2,1H3;2*1-10,17H,21H2;1-6,9-11H,7H2,(H,16,17). The molecule has 7 unspecified atom stereocenters. The number of allylic oxidation sites excluding steroid dienone is 4. The van der Waals surface area contributed by atoms with Gasteiger partial charge in [0.1, 0.15) is 87.0 Å². The molecule has 0 saturated carbocycles. The maximum atomic E-state index is 12.1. The van der Waals surface area contributed by atoms with Crippen LogP contribution in [0.4, 0.5) is 0 Å². The average Bonchev–Trinajstić information content (AvgIpc) is 0.937. The lowest BCUT2D eigenvalue weighted by Crippen LogP contribution is -2.42. The first kappa shape index (κ1) is 75.2. The van der Waals surface area contributed by atoms with E-state index in [1.807, 2.05) is 253 Å². The van der Waals surface area contributed by atoms with Gasteiger partial charge in [-0.3, -0.25) is 14.8 Å². The predicted molar refractivity (Wildman–Crippen MR) is 443 cm³/mol. The van der Waals surface area contributed by atoms with E-state index >= 15 is 0 Å². The molecule has 21 heteroatoms. The SMILES string of the molecule is COc1cccc(C2C(C#N)=C(N)Oc3c2ccc2ccccc32)c1.COc1ccccc1C1C(C#N)=C(N)Oc2c1ccc1ccccc21.N#CC1=C(N)Oc2c(ccc3ccccc23)C1c1ccncc1.N#CC1=C(N)Oc2ccc3ccccc3c2C1c1ccncc1.N#CC1C(=O)NC(c2cccs2)CC1c1cccs1. The van der Waals surface area contributed by atoms with Crippen LogP contribution in [0.5, 0.6) is 34.5 Å². The van der Waals surface area contributed by atoms with Gasteiger partial charge in [-0.25, -0.2) is 0 Å². The van der Waals surface area contributed by atoms with Crippen LogP contribution < -0.4 is 56.7 Å². The first-order chi connectivity index (χ1) is 56.3. The number of piperidine rings is 1. The van der Waals surface area contributed by atoms with E-state index in [4.69, 9.17) is 51.4 Å². The molecule has 9 N–H and O–H groups in total. The number of carbonyl (C=O) groups is 1. The maximum Gasteiger partial charge on any atom is 0.238 e. The minimum absolute atomic E-state index is 0.00542. The number of fused-ring (bicyclic) bond motifs is 12. The van der Waals surface area contributed by atoms with Crippen molar-refractivity contribution >= 4 is 71.7 Å². The second-order valence-corrected chi connectivity index (χ2v) is 29.1. The second kappa shape index (κ2) is 33.6. The van der Waals surface area contributed by atoms with Crippen molar-refractivity contribution in [2.45, 2.75) is 42.1 Å². The lowest BCUT2D eigenvalue weighted by atomic mass is 9.81. The zero-order valence-electron chi connectivity index (χ0n) is 61.9. The van der Waals surface area contributed by atoms with Gasteiger partial charge in [0.2, 0.25) is 29.4 Å². The van der Waals surface area contributed by atoms with E-state index in [2.05, 4.69) is 45.6 Å². The normalized spacial score (nSPS) is 18.0. The number of aromatic nitrogens is 2. The molecule has 5 aliphatic rings. The number of pyridine rings is 2. The lowest BCUT2D eigenvalue weighted by molar-refractivity contribution is -0.126. The van der Waals surface area contributed by atoms with Gasteiger partial charge in [-0.15, -0.1) is 22.7 Å². The Morgan fingerprint density at radius 1 is 0.417 bits per heavy atom. The van der Waals surface area contributed by atoms with Crippen LogP contribution in [0.25, 0.3) is 43.1 Å². The Bertz CT molecular complexity index is 6430. The number of rotatable bonds is 8. The first-order valence-electron chi connectivity index (χ1n) is 36.6. The van der Waals surface area contributed by atoms with Crippen LogP contribution in [0.1, 0.15) is 96.3 Å². The van der Waals surface area contributed by atoms with Crippen LogP contribution in [-0.2, 0) is 4.79 Å². The summed E-state index contributed by atoms with van der Waals surface area (Å²) in [6.45, 7) is 0. The molecule has 4 aromatic heterocycles. The number of para-hydroxylation sites is 1. The highest BCUT2D eigenvalue weighted by Gasteiger charge is 2.40. The van der Waals surface area contributed by atoms with Crippen molar-refractivity contribution in [3.05, 3.63) is 378 Å². The third-order valence-corrected chi connectivity index (χ3v) is 22.8. The van der Waals surface area contributed by atoms with Crippen molar-refractivity contribution in [3.63, 3.8) is 0 Å². The fourth-order valence-electron chi connectivity index (χ4n) is 15.5. The number of methoxy groups -OCH3 is 2. The molecule has 1 amide bonds. The molecule has 14 aromatic rings. The van der Waals surface area contributed by atoms with Gasteiger partial charge in [0.25, 0.3) is 0 Å². The Kier molecular flexibility index (Phi) is 22.0. The summed E-state index contributed by atoms with van der Waals surface area (Å²) >= 11 is 3.27. The van der Waals surface area contributed by atoms with Crippen molar-refractivity contribution in [2.75, 3.05) is 14.2 Å². The topological polar surface area (TPSA) is 333 Å². The van der Waals surface area contributed by atoms with E-state index in [1.165, 1.54) is 0 Å². The molecule has 0 radical (unpaired) electrons. The fraction of sp³-hybridized carbons (Fsp3) is 0.106. The van der Waals surface area contributed by atoms with Gasteiger partial charge < -0.3 is 56.7 Å². The van der Waals surface area contributed by atoms with E-state index in [9.17, 15) is 31.1 Å². The zero-order valence-corrected chi connectivity index (χ0v) is 63.6. The number of nitrogens with zero attached hydrogens (tertiary/aromatic N) is 7. The number of hydrogen-bond acceptors (Lipinski definition) is 20. The Morgan fingerprint density at radius 2 is 0.852 bits per heavy atom. The van der Waals surface area contributed by atoms with E-state index < -0.39 is 5.92 Å². The fourth-order valence-corrected chi connectivity index (χ4v) is 17.1. The largest absolute Gasteiger partial charge is 0.497 e. The van der Waals surface area contributed by atoms with Gasteiger partial charge in [-0.2, -0.15) is 26.3 Å². The number of thiophene rings is 2. The number of amides is 1. The minimum atomic E-state index is -0.574. The zero-order chi connectivity index (χ0) is 79.6. The lowest BCUT2D eigenvalue weighted by Gasteiger charge is -2.32. The number of benzene rings is 10. The third kappa shape index (κ3) is 14.8. The Balaban J connectivity index is 0.000000113. The summed E-state index contributed by atoms with van der Waals surface area (Å²) in [6.07, 6.45) is 7.68. The van der Waals surface area contributed by atoms with Crippen LogP contribution in [0, 0.1) is 62.6 Å². The number of ether oxygens (including phenoxy) is 6. The summed E-state index contributed by atoms with van der Waals surface area (Å²) in [7, 11) is 3.25. The Morgan fingerprint density at radius 3 is 1.35 bits per heavy atom. The molecule has 0 aliphatic carbocycles.